The van der Waals surface area contributed by atoms with Gasteiger partial charge >= 0.3 is 0 Å². The smallest absolute Gasteiger partial charge is 0.255 e. The Kier molecular flexibility index (Phi) is 4.07. The highest BCUT2D eigenvalue weighted by atomic mass is 19.1. The number of amides is 1. The molecule has 5 heteroatoms. The minimum Gasteiger partial charge on any atom is -0.507 e. The molecule has 0 heterocycles. The summed E-state index contributed by atoms with van der Waals surface area (Å²) < 4.78 is 12.8. The van der Waals surface area contributed by atoms with E-state index in [0.717, 1.165) is 12.1 Å². The number of nitrogens with one attached hydrogen (secondary N) is 1. The Labute approximate surface area is 99.6 Å². The lowest BCUT2D eigenvalue weighted by Crippen LogP contribution is -2.50. The molecule has 0 aliphatic carbocycles. The molecular formula is C12H17FN2O2. The largest absolute Gasteiger partial charge is 0.507 e. The van der Waals surface area contributed by atoms with Crippen LogP contribution in [0.2, 0.25) is 0 Å². The number of halogens is 1. The van der Waals surface area contributed by atoms with Crippen molar-refractivity contribution in [3.63, 3.8) is 0 Å². The van der Waals surface area contributed by atoms with Crippen LogP contribution in [-0.4, -0.2) is 23.1 Å². The summed E-state index contributed by atoms with van der Waals surface area (Å²) in [7, 11) is 0. The number of nitrogens with two attached hydrogens (primary N) is 1. The number of benzene rings is 1. The molecule has 0 bridgehead atoms. The topological polar surface area (TPSA) is 75.3 Å². The third kappa shape index (κ3) is 3.17. The molecule has 0 aliphatic rings. The van der Waals surface area contributed by atoms with Gasteiger partial charge in [-0.05, 0) is 25.5 Å². The average molecular weight is 240 g/mol. The summed E-state index contributed by atoms with van der Waals surface area (Å²) in [6.45, 7) is 4.00. The van der Waals surface area contributed by atoms with Gasteiger partial charge in [-0.2, -0.15) is 0 Å². The summed E-state index contributed by atoms with van der Waals surface area (Å²) >= 11 is 0. The van der Waals surface area contributed by atoms with Crippen LogP contribution < -0.4 is 11.1 Å². The van der Waals surface area contributed by atoms with E-state index in [1.807, 2.05) is 13.8 Å². The van der Waals surface area contributed by atoms with Gasteiger partial charge in [0.15, 0.2) is 0 Å². The van der Waals surface area contributed by atoms with Crippen molar-refractivity contribution in [2.75, 3.05) is 6.54 Å². The van der Waals surface area contributed by atoms with Crippen LogP contribution in [0.1, 0.15) is 30.6 Å². The standard InChI is InChI=1S/C12H17FN2O2/c1-3-12(2,7-14)15-11(17)9-5-4-8(13)6-10(9)16/h4-6,16H,3,7,14H2,1-2H3,(H,15,17). The van der Waals surface area contributed by atoms with Crippen LogP contribution in [0.15, 0.2) is 18.2 Å². The van der Waals surface area contributed by atoms with Crippen molar-refractivity contribution in [3.05, 3.63) is 29.6 Å². The van der Waals surface area contributed by atoms with Gasteiger partial charge in [0.25, 0.3) is 5.91 Å². The van der Waals surface area contributed by atoms with Gasteiger partial charge in [-0.3, -0.25) is 4.79 Å². The first-order valence-corrected chi connectivity index (χ1v) is 5.43. The second-order valence-corrected chi connectivity index (χ2v) is 4.23. The minimum absolute atomic E-state index is 0.0412. The maximum Gasteiger partial charge on any atom is 0.255 e. The number of hydrogen-bond donors (Lipinski definition) is 3. The molecule has 0 aliphatic heterocycles. The van der Waals surface area contributed by atoms with Crippen LogP contribution in [0.4, 0.5) is 4.39 Å². The van der Waals surface area contributed by atoms with Crippen molar-refractivity contribution in [3.8, 4) is 5.75 Å². The number of carbonyl (C=O) groups excluding carboxylic acids is 1. The second-order valence-electron chi connectivity index (χ2n) is 4.23. The van der Waals surface area contributed by atoms with E-state index in [2.05, 4.69) is 5.32 Å². The van der Waals surface area contributed by atoms with Gasteiger partial charge in [-0.1, -0.05) is 6.92 Å². The van der Waals surface area contributed by atoms with E-state index in [9.17, 15) is 14.3 Å². The molecule has 17 heavy (non-hydrogen) atoms. The average Bonchev–Trinajstić information content (AvgIpc) is 2.28. The summed E-state index contributed by atoms with van der Waals surface area (Å²) in [6, 6.07) is 3.27. The van der Waals surface area contributed by atoms with Crippen molar-refractivity contribution in [1.82, 2.24) is 5.32 Å². The molecule has 1 aromatic carbocycles. The number of phenolic OH excluding ortho intramolecular Hbond substituents is 1. The zero-order valence-electron chi connectivity index (χ0n) is 9.96. The minimum atomic E-state index is -0.587. The number of aromatic hydroxyl groups is 1. The lowest BCUT2D eigenvalue weighted by Gasteiger charge is -2.28. The predicted molar refractivity (Wildman–Crippen MR) is 63.3 cm³/mol. The van der Waals surface area contributed by atoms with E-state index in [4.69, 9.17) is 5.73 Å². The maximum absolute atomic E-state index is 12.8. The van der Waals surface area contributed by atoms with E-state index in [1.54, 1.807) is 0 Å². The summed E-state index contributed by atoms with van der Waals surface area (Å²) in [5.41, 5.74) is 5.08. The van der Waals surface area contributed by atoms with Crippen LogP contribution in [0.3, 0.4) is 0 Å². The molecule has 1 rings (SSSR count). The molecule has 0 saturated carbocycles. The molecule has 1 unspecified atom stereocenters. The van der Waals surface area contributed by atoms with Crippen molar-refractivity contribution >= 4 is 5.91 Å². The maximum atomic E-state index is 12.8. The zero-order valence-corrected chi connectivity index (χ0v) is 9.96. The lowest BCUT2D eigenvalue weighted by molar-refractivity contribution is 0.0904. The highest BCUT2D eigenvalue weighted by Crippen LogP contribution is 2.19. The SMILES string of the molecule is CCC(C)(CN)NC(=O)c1ccc(F)cc1O. The fourth-order valence-electron chi connectivity index (χ4n) is 1.32. The molecule has 0 radical (unpaired) electrons. The molecule has 0 fully saturated rings. The fraction of sp³-hybridized carbons (Fsp3) is 0.417. The Morgan fingerprint density at radius 1 is 1.59 bits per heavy atom. The molecule has 4 nitrogen and oxygen atoms in total. The van der Waals surface area contributed by atoms with Crippen LogP contribution >= 0.6 is 0 Å². The highest BCUT2D eigenvalue weighted by Gasteiger charge is 2.24. The Morgan fingerprint density at radius 3 is 2.71 bits per heavy atom. The number of phenols is 1. The molecule has 0 aromatic heterocycles. The Morgan fingerprint density at radius 2 is 2.24 bits per heavy atom. The van der Waals surface area contributed by atoms with E-state index < -0.39 is 17.3 Å². The van der Waals surface area contributed by atoms with Gasteiger partial charge in [0, 0.05) is 18.2 Å². The van der Waals surface area contributed by atoms with Crippen molar-refractivity contribution in [1.29, 1.82) is 0 Å². The molecule has 4 N–H and O–H groups in total. The number of hydrogen-bond acceptors (Lipinski definition) is 3. The summed E-state index contributed by atoms with van der Waals surface area (Å²) in [5, 5.41) is 12.2. The van der Waals surface area contributed by atoms with Crippen LogP contribution in [0, 0.1) is 5.82 Å². The van der Waals surface area contributed by atoms with Gasteiger partial charge < -0.3 is 16.2 Å². The lowest BCUT2D eigenvalue weighted by atomic mass is 9.98. The van der Waals surface area contributed by atoms with Crippen molar-refractivity contribution in [2.45, 2.75) is 25.8 Å². The molecule has 94 valence electrons. The first kappa shape index (κ1) is 13.4. The number of rotatable bonds is 4. The second kappa shape index (κ2) is 5.14. The number of carbonyl (C=O) groups is 1. The molecule has 1 aromatic rings. The Hall–Kier alpha value is -1.62. The Bertz CT molecular complexity index is 417. The summed E-state index contributed by atoms with van der Waals surface area (Å²) in [5.74, 6) is -1.42. The monoisotopic (exact) mass is 240 g/mol. The van der Waals surface area contributed by atoms with Crippen LogP contribution in [0.5, 0.6) is 5.75 Å². The summed E-state index contributed by atoms with van der Waals surface area (Å²) in [6.07, 6.45) is 0.664. The third-order valence-electron chi connectivity index (χ3n) is 2.85. The third-order valence-corrected chi connectivity index (χ3v) is 2.85. The fourth-order valence-corrected chi connectivity index (χ4v) is 1.32. The molecule has 0 saturated heterocycles. The first-order valence-electron chi connectivity index (χ1n) is 5.43. The van der Waals surface area contributed by atoms with E-state index in [0.29, 0.717) is 6.42 Å². The van der Waals surface area contributed by atoms with Gasteiger partial charge in [0.05, 0.1) is 5.56 Å². The van der Waals surface area contributed by atoms with E-state index >= 15 is 0 Å². The van der Waals surface area contributed by atoms with Crippen LogP contribution in [-0.2, 0) is 0 Å². The zero-order chi connectivity index (χ0) is 13.1. The molecule has 1 atom stereocenters. The van der Waals surface area contributed by atoms with Gasteiger partial charge in [-0.15, -0.1) is 0 Å². The molecular weight excluding hydrogens is 223 g/mol. The highest BCUT2D eigenvalue weighted by molar-refractivity contribution is 5.97. The van der Waals surface area contributed by atoms with E-state index in [1.165, 1.54) is 6.07 Å². The van der Waals surface area contributed by atoms with Gasteiger partial charge in [-0.25, -0.2) is 4.39 Å². The molecule has 1 amide bonds. The van der Waals surface area contributed by atoms with E-state index in [-0.39, 0.29) is 17.9 Å². The van der Waals surface area contributed by atoms with Crippen molar-refractivity contribution in [2.24, 2.45) is 5.73 Å². The van der Waals surface area contributed by atoms with Gasteiger partial charge in [0.1, 0.15) is 11.6 Å². The Balaban J connectivity index is 2.90. The van der Waals surface area contributed by atoms with Gasteiger partial charge in [0.2, 0.25) is 0 Å². The summed E-state index contributed by atoms with van der Waals surface area (Å²) in [4.78, 5) is 11.9. The molecule has 0 spiro atoms. The first-order chi connectivity index (χ1) is 7.91. The van der Waals surface area contributed by atoms with Crippen LogP contribution in [0.25, 0.3) is 0 Å². The predicted octanol–water partition coefficient (Wildman–Crippen LogP) is 1.39. The normalized spacial score (nSPS) is 14.1. The quantitative estimate of drug-likeness (QED) is 0.744. The van der Waals surface area contributed by atoms with Crippen molar-refractivity contribution < 1.29 is 14.3 Å².